The maximum Gasteiger partial charge on any atom is 0.303 e. The summed E-state index contributed by atoms with van der Waals surface area (Å²) in [6.45, 7) is 4.88. The van der Waals surface area contributed by atoms with Crippen LogP contribution in [-0.2, 0) is 20.7 Å². The van der Waals surface area contributed by atoms with Crippen molar-refractivity contribution in [2.75, 3.05) is 38.2 Å². The summed E-state index contributed by atoms with van der Waals surface area (Å²) in [5, 5.41) is 2.83. The molecule has 7 nitrogen and oxygen atoms in total. The van der Waals surface area contributed by atoms with Gasteiger partial charge in [-0.15, -0.1) is 0 Å². The number of ether oxygens (including phenoxy) is 3. The summed E-state index contributed by atoms with van der Waals surface area (Å²) in [5.41, 5.74) is 1.65. The molecule has 1 fully saturated rings. The number of anilines is 1. The van der Waals surface area contributed by atoms with Gasteiger partial charge in [0.15, 0.2) is 0 Å². The quantitative estimate of drug-likeness (QED) is 0.606. The highest BCUT2D eigenvalue weighted by molar-refractivity contribution is 6.00. The van der Waals surface area contributed by atoms with Crippen molar-refractivity contribution in [3.63, 3.8) is 0 Å². The van der Waals surface area contributed by atoms with Gasteiger partial charge in [-0.05, 0) is 56.1 Å². The number of likely N-dealkylation sites (tertiary alicyclic amines) is 1. The lowest BCUT2D eigenvalue weighted by Gasteiger charge is -2.33. The Bertz CT molecular complexity index is 925. The number of benzene rings is 2. The minimum absolute atomic E-state index is 0.0355. The molecule has 170 valence electrons. The molecule has 0 radical (unpaired) electrons. The van der Waals surface area contributed by atoms with Gasteiger partial charge in [0.25, 0.3) is 0 Å². The number of nitrogens with one attached hydrogen (secondary N) is 1. The summed E-state index contributed by atoms with van der Waals surface area (Å²) in [6, 6.07) is 15.5. The summed E-state index contributed by atoms with van der Waals surface area (Å²) in [4.78, 5) is 25.7. The normalized spacial score (nSPS) is 17.3. The minimum atomic E-state index is -0.370. The maximum atomic E-state index is 11.7. The highest BCUT2D eigenvalue weighted by atomic mass is 16.6. The lowest BCUT2D eigenvalue weighted by molar-refractivity contribution is -0.149. The fraction of sp³-hybridized carbons (Fsp3) is 0.440. The van der Waals surface area contributed by atoms with Crippen LogP contribution in [-0.4, -0.2) is 55.7 Å². The van der Waals surface area contributed by atoms with Crippen LogP contribution in [0.5, 0.6) is 11.5 Å². The smallest absolute Gasteiger partial charge is 0.303 e. The number of nitrogens with zero attached hydrogens (tertiary/aromatic N) is 1. The van der Waals surface area contributed by atoms with Gasteiger partial charge < -0.3 is 19.5 Å². The van der Waals surface area contributed by atoms with Gasteiger partial charge in [0.1, 0.15) is 24.2 Å². The zero-order valence-corrected chi connectivity index (χ0v) is 18.4. The Morgan fingerprint density at radius 2 is 1.88 bits per heavy atom. The molecule has 2 aromatic carbocycles. The molecular weight excluding hydrogens is 408 g/mol. The van der Waals surface area contributed by atoms with Crippen LogP contribution >= 0.6 is 0 Å². The number of hydrogen-bond acceptors (Lipinski definition) is 6. The van der Waals surface area contributed by atoms with E-state index in [1.54, 1.807) is 0 Å². The predicted octanol–water partition coefficient (Wildman–Crippen LogP) is 3.28. The fourth-order valence-electron chi connectivity index (χ4n) is 4.25. The van der Waals surface area contributed by atoms with E-state index >= 15 is 0 Å². The monoisotopic (exact) mass is 438 g/mol. The Hall–Kier alpha value is -3.06. The van der Waals surface area contributed by atoms with Crippen LogP contribution in [0.25, 0.3) is 0 Å². The molecule has 0 bridgehead atoms. The summed E-state index contributed by atoms with van der Waals surface area (Å²) < 4.78 is 17.4. The van der Waals surface area contributed by atoms with E-state index in [2.05, 4.69) is 10.2 Å². The molecule has 1 unspecified atom stereocenters. The van der Waals surface area contributed by atoms with Crippen molar-refractivity contribution in [2.45, 2.75) is 32.3 Å². The number of hydrogen-bond donors (Lipinski definition) is 1. The summed E-state index contributed by atoms with van der Waals surface area (Å²) in [5.74, 6) is 1.74. The fourth-order valence-corrected chi connectivity index (χ4v) is 4.25. The zero-order valence-electron chi connectivity index (χ0n) is 18.4. The molecule has 2 heterocycles. The number of carbonyl (C=O) groups is 2. The number of amides is 1. The van der Waals surface area contributed by atoms with Crippen LogP contribution in [0.4, 0.5) is 5.69 Å². The van der Waals surface area contributed by atoms with Crippen molar-refractivity contribution < 1.29 is 23.8 Å². The average Bonchev–Trinajstić information content (AvgIpc) is 3.18. The SMILES string of the molecule is CC(=O)OC(COc1cccc2c1CC(=O)N2)CN1CCC(COc2ccccc2)CC1. The third kappa shape index (κ3) is 6.01. The Morgan fingerprint density at radius 1 is 1.09 bits per heavy atom. The molecule has 1 amide bonds. The summed E-state index contributed by atoms with van der Waals surface area (Å²) >= 11 is 0. The molecule has 0 spiro atoms. The molecule has 4 rings (SSSR count). The van der Waals surface area contributed by atoms with Crippen LogP contribution in [0.2, 0.25) is 0 Å². The first-order chi connectivity index (χ1) is 15.6. The second-order valence-corrected chi connectivity index (χ2v) is 8.42. The molecule has 0 aromatic heterocycles. The molecule has 0 aliphatic carbocycles. The first kappa shape index (κ1) is 22.1. The van der Waals surface area contributed by atoms with E-state index in [1.807, 2.05) is 48.5 Å². The van der Waals surface area contributed by atoms with E-state index in [9.17, 15) is 9.59 Å². The molecule has 2 aliphatic rings. The number of carbonyl (C=O) groups excluding carboxylic acids is 2. The number of fused-ring (bicyclic) bond motifs is 1. The van der Waals surface area contributed by atoms with Gasteiger partial charge in [-0.3, -0.25) is 14.5 Å². The summed E-state index contributed by atoms with van der Waals surface area (Å²) in [6.07, 6.45) is 2.02. The number of esters is 1. The molecule has 7 heteroatoms. The topological polar surface area (TPSA) is 77.1 Å². The van der Waals surface area contributed by atoms with Crippen LogP contribution in [0.15, 0.2) is 48.5 Å². The number of rotatable bonds is 9. The highest BCUT2D eigenvalue weighted by Gasteiger charge is 2.26. The standard InChI is InChI=1S/C25H30N2O5/c1-18(28)32-21(17-31-24-9-5-8-23-22(24)14-25(29)26-23)15-27-12-10-19(11-13-27)16-30-20-6-3-2-4-7-20/h2-9,19,21H,10-17H2,1H3,(H,26,29). The van der Waals surface area contributed by atoms with Crippen molar-refractivity contribution in [1.82, 2.24) is 4.90 Å². The van der Waals surface area contributed by atoms with Gasteiger partial charge in [-0.1, -0.05) is 24.3 Å². The summed E-state index contributed by atoms with van der Waals surface area (Å²) in [7, 11) is 0. The van der Waals surface area contributed by atoms with Crippen molar-refractivity contribution in [3.05, 3.63) is 54.1 Å². The van der Waals surface area contributed by atoms with Gasteiger partial charge in [0, 0.05) is 24.7 Å². The average molecular weight is 439 g/mol. The second-order valence-electron chi connectivity index (χ2n) is 8.42. The van der Waals surface area contributed by atoms with Crippen molar-refractivity contribution in [2.24, 2.45) is 5.92 Å². The van der Waals surface area contributed by atoms with Gasteiger partial charge in [-0.2, -0.15) is 0 Å². The van der Waals surface area contributed by atoms with E-state index in [0.29, 0.717) is 24.6 Å². The zero-order chi connectivity index (χ0) is 22.3. The van der Waals surface area contributed by atoms with Crippen LogP contribution in [0.1, 0.15) is 25.3 Å². The highest BCUT2D eigenvalue weighted by Crippen LogP contribution is 2.31. The van der Waals surface area contributed by atoms with Crippen molar-refractivity contribution >= 4 is 17.6 Å². The van der Waals surface area contributed by atoms with Crippen molar-refractivity contribution in [1.29, 1.82) is 0 Å². The lowest BCUT2D eigenvalue weighted by atomic mass is 9.97. The second kappa shape index (κ2) is 10.5. The third-order valence-electron chi connectivity index (χ3n) is 5.90. The molecule has 1 atom stereocenters. The molecule has 32 heavy (non-hydrogen) atoms. The van der Waals surface area contributed by atoms with E-state index in [-0.39, 0.29) is 24.6 Å². The Morgan fingerprint density at radius 3 is 2.62 bits per heavy atom. The van der Waals surface area contributed by atoms with Crippen LogP contribution in [0, 0.1) is 5.92 Å². The minimum Gasteiger partial charge on any atom is -0.493 e. The molecule has 1 N–H and O–H groups in total. The molecule has 1 saturated heterocycles. The van der Waals surface area contributed by atoms with Gasteiger partial charge in [0.2, 0.25) is 5.91 Å². The molecule has 2 aliphatic heterocycles. The Labute approximate surface area is 188 Å². The van der Waals surface area contributed by atoms with Crippen LogP contribution < -0.4 is 14.8 Å². The van der Waals surface area contributed by atoms with E-state index in [4.69, 9.17) is 14.2 Å². The van der Waals surface area contributed by atoms with Gasteiger partial charge in [-0.25, -0.2) is 0 Å². The van der Waals surface area contributed by atoms with E-state index in [1.165, 1.54) is 6.92 Å². The van der Waals surface area contributed by atoms with E-state index in [0.717, 1.165) is 49.5 Å². The molecule has 2 aromatic rings. The van der Waals surface area contributed by atoms with Gasteiger partial charge in [0.05, 0.1) is 13.0 Å². The van der Waals surface area contributed by atoms with E-state index < -0.39 is 0 Å². The predicted molar refractivity (Wildman–Crippen MR) is 121 cm³/mol. The number of piperidine rings is 1. The number of para-hydroxylation sites is 1. The van der Waals surface area contributed by atoms with Gasteiger partial charge >= 0.3 is 5.97 Å². The third-order valence-corrected chi connectivity index (χ3v) is 5.90. The Kier molecular flexibility index (Phi) is 7.27. The first-order valence-electron chi connectivity index (χ1n) is 11.2. The first-order valence-corrected chi connectivity index (χ1v) is 11.2. The van der Waals surface area contributed by atoms with Crippen molar-refractivity contribution in [3.8, 4) is 11.5 Å². The lowest BCUT2D eigenvalue weighted by Crippen LogP contribution is -2.43. The molecular formula is C25H30N2O5. The molecule has 0 saturated carbocycles. The van der Waals surface area contributed by atoms with Crippen LogP contribution in [0.3, 0.4) is 0 Å². The largest absolute Gasteiger partial charge is 0.493 e. The Balaban J connectivity index is 1.26. The maximum absolute atomic E-state index is 11.7.